The van der Waals surface area contributed by atoms with Crippen LogP contribution in [0.5, 0.6) is 11.5 Å². The molecule has 2 aromatic carbocycles. The Balaban J connectivity index is 1.43. The van der Waals surface area contributed by atoms with E-state index in [0.717, 1.165) is 30.4 Å². The number of hydrogen-bond acceptors (Lipinski definition) is 3. The first kappa shape index (κ1) is 24.1. The smallest absolute Gasteiger partial charge is 0.343 e. The van der Waals surface area contributed by atoms with Crippen LogP contribution < -0.4 is 9.47 Å². The Labute approximate surface area is 193 Å². The zero-order valence-electron chi connectivity index (χ0n) is 19.7. The minimum Gasteiger partial charge on any atom is -0.493 e. The van der Waals surface area contributed by atoms with Gasteiger partial charge in [-0.25, -0.2) is 4.79 Å². The molecule has 0 aromatic heterocycles. The molecule has 1 atom stereocenters. The van der Waals surface area contributed by atoms with Crippen molar-refractivity contribution in [3.63, 3.8) is 0 Å². The number of allylic oxidation sites excluding steroid dienone is 1. The summed E-state index contributed by atoms with van der Waals surface area (Å²) in [5.74, 6) is 3.22. The maximum atomic E-state index is 12.5. The number of benzene rings is 2. The van der Waals surface area contributed by atoms with Gasteiger partial charge >= 0.3 is 5.97 Å². The van der Waals surface area contributed by atoms with Gasteiger partial charge in [0.05, 0.1) is 12.2 Å². The van der Waals surface area contributed by atoms with Crippen molar-refractivity contribution < 1.29 is 14.3 Å². The summed E-state index contributed by atoms with van der Waals surface area (Å²) in [6, 6.07) is 15.1. The first-order chi connectivity index (χ1) is 15.6. The monoisotopic (exact) mass is 434 g/mol. The Morgan fingerprint density at radius 3 is 2.25 bits per heavy atom. The van der Waals surface area contributed by atoms with Crippen LogP contribution in [0.3, 0.4) is 0 Å². The van der Waals surface area contributed by atoms with Gasteiger partial charge in [-0.15, -0.1) is 6.58 Å². The van der Waals surface area contributed by atoms with Crippen LogP contribution in [0.25, 0.3) is 0 Å². The van der Waals surface area contributed by atoms with E-state index in [9.17, 15) is 4.79 Å². The highest BCUT2D eigenvalue weighted by Crippen LogP contribution is 2.33. The third-order valence-corrected chi connectivity index (χ3v) is 6.76. The third kappa shape index (κ3) is 7.55. The average Bonchev–Trinajstić information content (AvgIpc) is 2.83. The van der Waals surface area contributed by atoms with Crippen LogP contribution >= 0.6 is 0 Å². The molecule has 0 aliphatic heterocycles. The summed E-state index contributed by atoms with van der Waals surface area (Å²) in [4.78, 5) is 12.5. The van der Waals surface area contributed by atoms with Gasteiger partial charge in [0.1, 0.15) is 11.5 Å². The second-order valence-electron chi connectivity index (χ2n) is 9.33. The molecule has 0 unspecified atom stereocenters. The molecule has 1 aliphatic carbocycles. The fourth-order valence-electron chi connectivity index (χ4n) is 4.30. The van der Waals surface area contributed by atoms with Crippen molar-refractivity contribution in [2.45, 2.75) is 65.2 Å². The molecule has 0 N–H and O–H groups in total. The van der Waals surface area contributed by atoms with Gasteiger partial charge in [-0.1, -0.05) is 51.3 Å². The molecule has 0 saturated heterocycles. The molecule has 0 spiro atoms. The van der Waals surface area contributed by atoms with Crippen molar-refractivity contribution in [3.8, 4) is 11.5 Å². The van der Waals surface area contributed by atoms with Gasteiger partial charge in [0.15, 0.2) is 0 Å². The number of hydrogen-bond donors (Lipinski definition) is 0. The van der Waals surface area contributed by atoms with Crippen LogP contribution in [0.1, 0.15) is 74.7 Å². The SMILES string of the molecule is C=CCC1CCC(CCc2ccc(OC(=O)c3ccc(OC[C@@H](C)CC)cc3)cc2)CC1. The number of aryl methyl sites for hydroxylation is 1. The fourth-order valence-corrected chi connectivity index (χ4v) is 4.30. The molecular weight excluding hydrogens is 396 g/mol. The fraction of sp³-hybridized carbons (Fsp3) is 0.483. The minimum atomic E-state index is -0.345. The van der Waals surface area contributed by atoms with E-state index in [2.05, 4.69) is 38.6 Å². The number of carbonyl (C=O) groups excluding carboxylic acids is 1. The molecule has 1 aliphatic rings. The summed E-state index contributed by atoms with van der Waals surface area (Å²) in [5, 5.41) is 0. The predicted molar refractivity (Wildman–Crippen MR) is 131 cm³/mol. The van der Waals surface area contributed by atoms with Crippen molar-refractivity contribution in [3.05, 3.63) is 72.3 Å². The second-order valence-corrected chi connectivity index (χ2v) is 9.33. The van der Waals surface area contributed by atoms with Gasteiger partial charge in [-0.3, -0.25) is 0 Å². The molecule has 3 rings (SSSR count). The second kappa shape index (κ2) is 12.5. The predicted octanol–water partition coefficient (Wildman–Crippen LogP) is 7.65. The van der Waals surface area contributed by atoms with Crippen LogP contribution in [0.15, 0.2) is 61.2 Å². The van der Waals surface area contributed by atoms with Gasteiger partial charge in [-0.05, 0) is 91.8 Å². The van der Waals surface area contributed by atoms with Crippen molar-refractivity contribution in [2.75, 3.05) is 6.61 Å². The van der Waals surface area contributed by atoms with Gasteiger partial charge in [0, 0.05) is 0 Å². The lowest BCUT2D eigenvalue weighted by atomic mass is 9.78. The highest BCUT2D eigenvalue weighted by atomic mass is 16.5. The zero-order valence-corrected chi connectivity index (χ0v) is 19.7. The van der Waals surface area contributed by atoms with E-state index in [1.165, 1.54) is 44.1 Å². The normalized spacial score (nSPS) is 19.2. The lowest BCUT2D eigenvalue weighted by Crippen LogP contribution is -2.14. The Morgan fingerprint density at radius 2 is 1.62 bits per heavy atom. The Morgan fingerprint density at radius 1 is 1.00 bits per heavy atom. The van der Waals surface area contributed by atoms with E-state index in [-0.39, 0.29) is 5.97 Å². The van der Waals surface area contributed by atoms with Crippen molar-refractivity contribution in [2.24, 2.45) is 17.8 Å². The molecule has 0 radical (unpaired) electrons. The first-order valence-electron chi connectivity index (χ1n) is 12.2. The summed E-state index contributed by atoms with van der Waals surface area (Å²) in [6.07, 6.45) is 12.0. The summed E-state index contributed by atoms with van der Waals surface area (Å²) >= 11 is 0. The van der Waals surface area contributed by atoms with Gasteiger partial charge < -0.3 is 9.47 Å². The summed E-state index contributed by atoms with van der Waals surface area (Å²) in [6.45, 7) is 8.87. The Bertz CT molecular complexity index is 830. The highest BCUT2D eigenvalue weighted by Gasteiger charge is 2.20. The van der Waals surface area contributed by atoms with Crippen LogP contribution in [-0.2, 0) is 6.42 Å². The highest BCUT2D eigenvalue weighted by molar-refractivity contribution is 5.91. The van der Waals surface area contributed by atoms with Crippen LogP contribution in [0, 0.1) is 17.8 Å². The number of rotatable bonds is 11. The van der Waals surface area contributed by atoms with Crippen LogP contribution in [0.4, 0.5) is 0 Å². The number of ether oxygens (including phenoxy) is 2. The van der Waals surface area contributed by atoms with E-state index >= 15 is 0 Å². The summed E-state index contributed by atoms with van der Waals surface area (Å²) in [7, 11) is 0. The average molecular weight is 435 g/mol. The summed E-state index contributed by atoms with van der Waals surface area (Å²) in [5.41, 5.74) is 1.83. The largest absolute Gasteiger partial charge is 0.493 e. The van der Waals surface area contributed by atoms with E-state index < -0.39 is 0 Å². The van der Waals surface area contributed by atoms with E-state index in [4.69, 9.17) is 9.47 Å². The topological polar surface area (TPSA) is 35.5 Å². The summed E-state index contributed by atoms with van der Waals surface area (Å²) < 4.78 is 11.3. The van der Waals surface area contributed by atoms with Crippen molar-refractivity contribution in [1.82, 2.24) is 0 Å². The van der Waals surface area contributed by atoms with Gasteiger partial charge in [0.25, 0.3) is 0 Å². The molecular formula is C29H38O3. The lowest BCUT2D eigenvalue weighted by molar-refractivity contribution is 0.0734. The first-order valence-corrected chi connectivity index (χ1v) is 12.2. The molecule has 1 fully saturated rings. The number of carbonyl (C=O) groups is 1. The van der Waals surface area contributed by atoms with Crippen LogP contribution in [-0.4, -0.2) is 12.6 Å². The van der Waals surface area contributed by atoms with Crippen molar-refractivity contribution in [1.29, 1.82) is 0 Å². The Hall–Kier alpha value is -2.55. The van der Waals surface area contributed by atoms with Gasteiger partial charge in [0.2, 0.25) is 0 Å². The molecule has 3 nitrogen and oxygen atoms in total. The third-order valence-electron chi connectivity index (χ3n) is 6.76. The van der Waals surface area contributed by atoms with Gasteiger partial charge in [-0.2, -0.15) is 0 Å². The minimum absolute atomic E-state index is 0.345. The van der Waals surface area contributed by atoms with E-state index in [1.807, 2.05) is 24.3 Å². The number of esters is 1. The molecule has 3 heteroatoms. The molecule has 0 bridgehead atoms. The Kier molecular flexibility index (Phi) is 9.40. The maximum Gasteiger partial charge on any atom is 0.343 e. The maximum absolute atomic E-state index is 12.5. The van der Waals surface area contributed by atoms with Crippen LogP contribution in [0.2, 0.25) is 0 Å². The molecule has 2 aromatic rings. The lowest BCUT2D eigenvalue weighted by Gasteiger charge is -2.27. The van der Waals surface area contributed by atoms with Crippen molar-refractivity contribution >= 4 is 5.97 Å². The quantitative estimate of drug-likeness (QED) is 0.207. The molecule has 172 valence electrons. The molecule has 1 saturated carbocycles. The zero-order chi connectivity index (χ0) is 22.8. The standard InChI is InChI=1S/C29H38O3/c1-4-6-23-7-9-24(10-8-23)11-12-25-13-17-28(18-14-25)32-29(30)26-15-19-27(20-16-26)31-21-22(3)5-2/h4,13-20,22-24H,1,5-12,21H2,2-3H3/t22-,23?,24?/m0/s1. The molecule has 0 heterocycles. The molecule has 32 heavy (non-hydrogen) atoms. The van der Waals surface area contributed by atoms with E-state index in [1.54, 1.807) is 12.1 Å². The van der Waals surface area contributed by atoms with E-state index in [0.29, 0.717) is 23.8 Å². The molecule has 0 amide bonds.